The number of carbonyl (C=O) groups is 3. The Morgan fingerprint density at radius 3 is 1.38 bits per heavy atom. The number of aryl methyl sites for hydroxylation is 2. The van der Waals surface area contributed by atoms with E-state index in [-0.39, 0.29) is 24.1 Å². The molecule has 6 heteroatoms. The van der Waals surface area contributed by atoms with Crippen LogP contribution in [0, 0.1) is 0 Å². The van der Waals surface area contributed by atoms with Gasteiger partial charge >= 0.3 is 0 Å². The number of nitrogens with two attached hydrogens (primary N) is 1. The van der Waals surface area contributed by atoms with Crippen LogP contribution in [0.2, 0.25) is 0 Å². The van der Waals surface area contributed by atoms with Crippen molar-refractivity contribution in [2.75, 3.05) is 13.1 Å². The first kappa shape index (κ1) is 43.2. The average Bonchev–Trinajstić information content (AvgIpc) is 3.14. The van der Waals surface area contributed by atoms with E-state index in [4.69, 9.17) is 5.73 Å². The summed E-state index contributed by atoms with van der Waals surface area (Å²) in [4.78, 5) is 37.5. The van der Waals surface area contributed by atoms with Gasteiger partial charge in [-0.1, -0.05) is 172 Å². The summed E-state index contributed by atoms with van der Waals surface area (Å²) in [6, 6.07) is 15.3. The van der Waals surface area contributed by atoms with Gasteiger partial charge in [-0.3, -0.25) is 14.4 Å². The number of amides is 2. The van der Waals surface area contributed by atoms with Crippen LogP contribution in [-0.4, -0.2) is 36.7 Å². The van der Waals surface area contributed by atoms with E-state index >= 15 is 0 Å². The van der Waals surface area contributed by atoms with Crippen molar-refractivity contribution in [2.24, 2.45) is 5.73 Å². The van der Waals surface area contributed by atoms with Crippen molar-refractivity contribution in [1.82, 2.24) is 10.6 Å². The Morgan fingerprint density at radius 1 is 0.520 bits per heavy atom. The van der Waals surface area contributed by atoms with E-state index in [0.29, 0.717) is 18.5 Å². The van der Waals surface area contributed by atoms with Crippen molar-refractivity contribution in [1.29, 1.82) is 0 Å². The summed E-state index contributed by atoms with van der Waals surface area (Å²) >= 11 is 0. The quantitative estimate of drug-likeness (QED) is 0.0542. The topological polar surface area (TPSA) is 101 Å². The SMILES string of the molecule is CCCCCCCCCCCCCCCCNC(=O)[C@@H](N)CNC(=O)CCCCCc1ccc(C(=O)c2ccc(CCCCCC)cc2)cc1. The smallest absolute Gasteiger partial charge is 0.238 e. The largest absolute Gasteiger partial charge is 0.355 e. The predicted octanol–water partition coefficient (Wildman–Crippen LogP) is 10.2. The van der Waals surface area contributed by atoms with E-state index in [1.54, 1.807) is 0 Å². The monoisotopic (exact) mass is 690 g/mol. The number of hydrogen-bond donors (Lipinski definition) is 3. The van der Waals surface area contributed by atoms with Crippen LogP contribution in [0.4, 0.5) is 0 Å². The molecule has 50 heavy (non-hydrogen) atoms. The molecule has 0 unspecified atom stereocenters. The minimum absolute atomic E-state index is 0.0577. The third-order valence-electron chi connectivity index (χ3n) is 9.81. The lowest BCUT2D eigenvalue weighted by Crippen LogP contribution is -2.48. The summed E-state index contributed by atoms with van der Waals surface area (Å²) in [5, 5.41) is 5.74. The molecule has 0 saturated carbocycles. The van der Waals surface area contributed by atoms with E-state index in [0.717, 1.165) is 50.5 Å². The summed E-state index contributed by atoms with van der Waals surface area (Å²) in [6.07, 6.45) is 28.4. The van der Waals surface area contributed by atoms with Crippen LogP contribution in [0.1, 0.15) is 182 Å². The number of hydrogen-bond acceptors (Lipinski definition) is 4. The first-order chi connectivity index (χ1) is 24.4. The summed E-state index contributed by atoms with van der Waals surface area (Å²) < 4.78 is 0. The molecule has 6 nitrogen and oxygen atoms in total. The molecule has 2 rings (SSSR count). The second kappa shape index (κ2) is 28.7. The molecular formula is C44H71N3O3. The maximum atomic E-state index is 12.9. The van der Waals surface area contributed by atoms with Crippen LogP contribution < -0.4 is 16.4 Å². The lowest BCUT2D eigenvalue weighted by molar-refractivity contribution is -0.123. The molecule has 0 aromatic heterocycles. The van der Waals surface area contributed by atoms with E-state index in [2.05, 4.69) is 36.6 Å². The fraction of sp³-hybridized carbons (Fsp3) is 0.659. The van der Waals surface area contributed by atoms with Gasteiger partial charge in [0.15, 0.2) is 5.78 Å². The van der Waals surface area contributed by atoms with Gasteiger partial charge in [0.25, 0.3) is 0 Å². The lowest BCUT2D eigenvalue weighted by atomic mass is 9.98. The fourth-order valence-corrected chi connectivity index (χ4v) is 6.43. The molecule has 2 amide bonds. The Balaban J connectivity index is 1.45. The van der Waals surface area contributed by atoms with Gasteiger partial charge in [0.05, 0.1) is 0 Å². The molecule has 0 heterocycles. The van der Waals surface area contributed by atoms with Crippen molar-refractivity contribution in [3.8, 4) is 0 Å². The molecule has 1 atom stereocenters. The number of rotatable bonds is 31. The molecule has 4 N–H and O–H groups in total. The average molecular weight is 690 g/mol. The maximum Gasteiger partial charge on any atom is 0.238 e. The van der Waals surface area contributed by atoms with Crippen molar-refractivity contribution in [2.45, 2.75) is 174 Å². The molecule has 2 aromatic carbocycles. The Bertz CT molecular complexity index is 1160. The van der Waals surface area contributed by atoms with Gasteiger partial charge in [-0.05, 0) is 49.7 Å². The van der Waals surface area contributed by atoms with Gasteiger partial charge < -0.3 is 16.4 Å². The molecule has 0 spiro atoms. The normalized spacial score (nSPS) is 11.7. The van der Waals surface area contributed by atoms with Crippen LogP contribution in [0.3, 0.4) is 0 Å². The van der Waals surface area contributed by atoms with Crippen molar-refractivity contribution in [3.63, 3.8) is 0 Å². The molecular weight excluding hydrogens is 619 g/mol. The first-order valence-corrected chi connectivity index (χ1v) is 20.5. The highest BCUT2D eigenvalue weighted by molar-refractivity contribution is 6.09. The van der Waals surface area contributed by atoms with Crippen LogP contribution in [0.15, 0.2) is 48.5 Å². The number of carbonyl (C=O) groups excluding carboxylic acids is 3. The Morgan fingerprint density at radius 2 is 0.920 bits per heavy atom. The van der Waals surface area contributed by atoms with Crippen molar-refractivity contribution >= 4 is 17.6 Å². The first-order valence-electron chi connectivity index (χ1n) is 20.5. The number of ketones is 1. The molecule has 0 fully saturated rings. The van der Waals surface area contributed by atoms with E-state index in [9.17, 15) is 14.4 Å². The minimum Gasteiger partial charge on any atom is -0.355 e. The second-order valence-corrected chi connectivity index (χ2v) is 14.4. The van der Waals surface area contributed by atoms with Crippen LogP contribution in [-0.2, 0) is 22.4 Å². The summed E-state index contributed by atoms with van der Waals surface area (Å²) in [6.45, 7) is 5.30. The minimum atomic E-state index is -0.722. The second-order valence-electron chi connectivity index (χ2n) is 14.4. The Kier molecular flexibility index (Phi) is 24.8. The van der Waals surface area contributed by atoms with Crippen molar-refractivity contribution in [3.05, 3.63) is 70.8 Å². The highest BCUT2D eigenvalue weighted by Gasteiger charge is 2.14. The Labute approximate surface area is 305 Å². The fourth-order valence-electron chi connectivity index (χ4n) is 6.43. The number of nitrogens with one attached hydrogen (secondary N) is 2. The van der Waals surface area contributed by atoms with Crippen LogP contribution in [0.5, 0.6) is 0 Å². The predicted molar refractivity (Wildman–Crippen MR) is 211 cm³/mol. The van der Waals surface area contributed by atoms with Gasteiger partial charge in [0, 0.05) is 30.6 Å². The van der Waals surface area contributed by atoms with Crippen molar-refractivity contribution < 1.29 is 14.4 Å². The highest BCUT2D eigenvalue weighted by atomic mass is 16.2. The van der Waals surface area contributed by atoms with Gasteiger partial charge in [-0.15, -0.1) is 0 Å². The molecule has 0 aliphatic rings. The zero-order valence-corrected chi connectivity index (χ0v) is 31.9. The Hall–Kier alpha value is -2.99. The number of benzene rings is 2. The summed E-state index contributed by atoms with van der Waals surface area (Å²) in [5.74, 6) is -0.200. The third kappa shape index (κ3) is 20.6. The zero-order chi connectivity index (χ0) is 36.1. The van der Waals surface area contributed by atoms with E-state index in [1.165, 1.54) is 114 Å². The van der Waals surface area contributed by atoms with Gasteiger partial charge in [-0.25, -0.2) is 0 Å². The van der Waals surface area contributed by atoms with Gasteiger partial charge in [0.2, 0.25) is 11.8 Å². The standard InChI is InChI=1S/C44H71N3O3/c1-3-5-7-9-10-11-12-13-14-15-16-17-18-23-35-46-44(50)41(45)36-47-42(48)26-22-19-21-25-38-29-33-40(34-30-38)43(49)39-31-27-37(28-32-39)24-20-8-6-4-2/h27-34,41H,3-26,35-36,45H2,1-2H3,(H,46,50)(H,47,48)/t41-/m0/s1. The molecule has 0 bridgehead atoms. The molecule has 0 radical (unpaired) electrons. The molecule has 0 aliphatic heterocycles. The maximum absolute atomic E-state index is 12.9. The summed E-state index contributed by atoms with van der Waals surface area (Å²) in [7, 11) is 0. The van der Waals surface area contributed by atoms with E-state index < -0.39 is 6.04 Å². The van der Waals surface area contributed by atoms with E-state index in [1.807, 2.05) is 36.4 Å². The summed E-state index contributed by atoms with van der Waals surface area (Å²) in [5.41, 5.74) is 9.94. The molecule has 0 saturated heterocycles. The number of unbranched alkanes of at least 4 members (excludes halogenated alkanes) is 18. The third-order valence-corrected chi connectivity index (χ3v) is 9.81. The molecule has 0 aliphatic carbocycles. The van der Waals surface area contributed by atoms with Gasteiger partial charge in [-0.2, -0.15) is 0 Å². The van der Waals surface area contributed by atoms with Crippen LogP contribution >= 0.6 is 0 Å². The molecule has 280 valence electrons. The highest BCUT2D eigenvalue weighted by Crippen LogP contribution is 2.16. The van der Waals surface area contributed by atoms with Gasteiger partial charge in [0.1, 0.15) is 6.04 Å². The van der Waals surface area contributed by atoms with Crippen LogP contribution in [0.25, 0.3) is 0 Å². The molecule has 2 aromatic rings. The lowest BCUT2D eigenvalue weighted by Gasteiger charge is -2.13. The zero-order valence-electron chi connectivity index (χ0n) is 31.9.